The van der Waals surface area contributed by atoms with Gasteiger partial charge in [-0.1, -0.05) is 11.2 Å². The molecule has 1 N–H and O–H groups in total. The number of amides is 1. The average Bonchev–Trinajstić information content (AvgIpc) is 3.23. The number of aromatic nitrogens is 5. The maximum Gasteiger partial charge on any atom is 0.236 e. The van der Waals surface area contributed by atoms with Gasteiger partial charge in [0.25, 0.3) is 0 Å². The van der Waals surface area contributed by atoms with E-state index in [0.29, 0.717) is 36.3 Å². The van der Waals surface area contributed by atoms with Crippen LogP contribution in [-0.4, -0.2) is 65.4 Å². The van der Waals surface area contributed by atoms with Crippen molar-refractivity contribution in [1.82, 2.24) is 29.9 Å². The average molecular weight is 491 g/mol. The second-order valence-electron chi connectivity index (χ2n) is 7.18. The number of nitrogens with one attached hydrogen (secondary N) is 1. The van der Waals surface area contributed by atoms with Crippen molar-refractivity contribution in [3.05, 3.63) is 48.2 Å². The number of carbonyl (C=O) groups is 1. The number of benzene rings is 1. The molecule has 0 saturated carbocycles. The minimum Gasteiger partial charge on any atom is -0.370 e. The molecule has 0 aliphatic heterocycles. The Labute approximate surface area is 197 Å². The number of anilines is 2. The van der Waals surface area contributed by atoms with Crippen molar-refractivity contribution in [2.45, 2.75) is 25.9 Å². The van der Waals surface area contributed by atoms with Gasteiger partial charge in [0.15, 0.2) is 5.82 Å². The molecule has 2 heterocycles. The molecule has 0 unspecified atom stereocenters. The van der Waals surface area contributed by atoms with Gasteiger partial charge in [0, 0.05) is 50.4 Å². The largest absolute Gasteiger partial charge is 0.370 e. The highest BCUT2D eigenvalue weighted by molar-refractivity contribution is 8.01. The summed E-state index contributed by atoms with van der Waals surface area (Å²) in [6, 6.07) is 11.1. The van der Waals surface area contributed by atoms with Crippen molar-refractivity contribution in [3.8, 4) is 5.82 Å². The third kappa shape index (κ3) is 6.49. The van der Waals surface area contributed by atoms with E-state index in [9.17, 15) is 13.2 Å². The van der Waals surface area contributed by atoms with Gasteiger partial charge in [-0.2, -0.15) is 4.68 Å². The lowest BCUT2D eigenvalue weighted by atomic mass is 10.1. The summed E-state index contributed by atoms with van der Waals surface area (Å²) < 4.78 is 28.2. The number of nitrogens with zero attached hydrogens (tertiary/aromatic N) is 7. The predicted molar refractivity (Wildman–Crippen MR) is 128 cm³/mol. The molecule has 0 bridgehead atoms. The van der Waals surface area contributed by atoms with Gasteiger partial charge >= 0.3 is 0 Å². The number of carbonyl (C=O) groups excluding carboxylic acids is 1. The highest BCUT2D eigenvalue weighted by Crippen LogP contribution is 2.33. The van der Waals surface area contributed by atoms with Crippen LogP contribution < -0.4 is 13.9 Å². The number of sulfonamides is 1. The van der Waals surface area contributed by atoms with Crippen LogP contribution in [0.1, 0.15) is 19.4 Å². The fourth-order valence-electron chi connectivity index (χ4n) is 3.12. The van der Waals surface area contributed by atoms with Crippen molar-refractivity contribution in [2.75, 3.05) is 35.1 Å². The molecule has 0 spiro atoms. The van der Waals surface area contributed by atoms with Gasteiger partial charge in [-0.3, -0.25) is 4.79 Å². The Kier molecular flexibility index (Phi) is 8.00. The van der Waals surface area contributed by atoms with E-state index in [0.717, 1.165) is 29.5 Å². The summed E-state index contributed by atoms with van der Waals surface area (Å²) in [5.41, 5.74) is 2.51. The quantitative estimate of drug-likeness (QED) is 0.423. The lowest BCUT2D eigenvalue weighted by Crippen LogP contribution is -2.34. The molecule has 33 heavy (non-hydrogen) atoms. The molecule has 1 aromatic carbocycles. The molecule has 2 aromatic heterocycles. The molecule has 0 aliphatic carbocycles. The first-order valence-corrected chi connectivity index (χ1v) is 12.8. The number of aryl methyl sites for hydroxylation is 1. The summed E-state index contributed by atoms with van der Waals surface area (Å²) in [5.74, 6) is 0.359. The number of pyridine rings is 1. The van der Waals surface area contributed by atoms with Gasteiger partial charge in [0.2, 0.25) is 21.1 Å². The molecule has 0 saturated heterocycles. The van der Waals surface area contributed by atoms with E-state index in [1.165, 1.54) is 15.9 Å². The Hall–Kier alpha value is -3.03. The molecule has 0 aliphatic rings. The summed E-state index contributed by atoms with van der Waals surface area (Å²) in [5, 5.41) is 12.2. The van der Waals surface area contributed by atoms with Gasteiger partial charge in [0.1, 0.15) is 0 Å². The van der Waals surface area contributed by atoms with Crippen molar-refractivity contribution in [3.63, 3.8) is 0 Å². The first-order chi connectivity index (χ1) is 15.7. The lowest BCUT2D eigenvalue weighted by Gasteiger charge is -2.26. The zero-order valence-electron chi connectivity index (χ0n) is 18.8. The van der Waals surface area contributed by atoms with Gasteiger partial charge in [-0.25, -0.2) is 22.4 Å². The molecule has 0 atom stereocenters. The van der Waals surface area contributed by atoms with Crippen LogP contribution in [-0.2, 0) is 14.8 Å². The van der Waals surface area contributed by atoms with Crippen molar-refractivity contribution < 1.29 is 13.2 Å². The first-order valence-electron chi connectivity index (χ1n) is 10.2. The minimum atomic E-state index is -3.24. The summed E-state index contributed by atoms with van der Waals surface area (Å²) >= 11 is 1.11. The molecule has 3 aromatic rings. The van der Waals surface area contributed by atoms with E-state index in [1.54, 1.807) is 18.3 Å². The van der Waals surface area contributed by atoms with Crippen LogP contribution in [0.25, 0.3) is 5.82 Å². The number of rotatable bonds is 10. The highest BCUT2D eigenvalue weighted by Gasteiger charge is 2.21. The zero-order valence-corrected chi connectivity index (χ0v) is 20.5. The monoisotopic (exact) mass is 490 g/mol. The Balaban J connectivity index is 1.82. The van der Waals surface area contributed by atoms with E-state index in [4.69, 9.17) is 0 Å². The smallest absolute Gasteiger partial charge is 0.236 e. The second kappa shape index (κ2) is 10.7. The number of hydrogen-bond donors (Lipinski definition) is 1. The lowest BCUT2D eigenvalue weighted by molar-refractivity contribution is -0.115. The van der Waals surface area contributed by atoms with E-state index < -0.39 is 10.0 Å². The SMILES string of the molecule is CCN(CCNS(C)(=O)=O)c1ccc(N(Sc2nnnn2-c2ccccn2)C(C)=O)c(C)c1. The fraction of sp³-hybridized carbons (Fsp3) is 0.350. The molecular weight excluding hydrogens is 464 g/mol. The normalized spacial score (nSPS) is 11.4. The topological polar surface area (TPSA) is 126 Å². The zero-order chi connectivity index (χ0) is 24.0. The number of hydrogen-bond acceptors (Lipinski definition) is 9. The van der Waals surface area contributed by atoms with Crippen molar-refractivity contribution >= 4 is 39.3 Å². The van der Waals surface area contributed by atoms with Gasteiger partial charge in [-0.15, -0.1) is 0 Å². The summed E-state index contributed by atoms with van der Waals surface area (Å²) in [6.45, 7) is 6.92. The maximum atomic E-state index is 12.5. The first kappa shape index (κ1) is 24.6. The van der Waals surface area contributed by atoms with Gasteiger partial charge in [0.05, 0.1) is 11.9 Å². The summed E-state index contributed by atoms with van der Waals surface area (Å²) in [6.07, 6.45) is 2.78. The van der Waals surface area contributed by atoms with Crippen LogP contribution in [0.2, 0.25) is 0 Å². The summed E-state index contributed by atoms with van der Waals surface area (Å²) in [4.78, 5) is 18.8. The van der Waals surface area contributed by atoms with Crippen LogP contribution >= 0.6 is 11.9 Å². The van der Waals surface area contributed by atoms with Crippen LogP contribution in [0, 0.1) is 6.92 Å². The van der Waals surface area contributed by atoms with Crippen LogP contribution in [0.5, 0.6) is 0 Å². The number of tetrazole rings is 1. The molecule has 11 nitrogen and oxygen atoms in total. The molecule has 0 radical (unpaired) electrons. The third-order valence-electron chi connectivity index (χ3n) is 4.66. The third-order valence-corrected chi connectivity index (χ3v) is 6.44. The fourth-order valence-corrected chi connectivity index (χ4v) is 4.46. The molecule has 1 amide bonds. The predicted octanol–water partition coefficient (Wildman–Crippen LogP) is 1.80. The minimum absolute atomic E-state index is 0.184. The standard InChI is InChI=1S/C20H26N8O3S2/c1-5-26(13-12-22-33(4,30)31)17-9-10-18(15(2)14-17)28(16(3)29)32-20-23-24-25-27(20)19-8-6-7-11-21-19/h6-11,14,22H,5,12-13H2,1-4H3. The van der Waals surface area contributed by atoms with Crippen LogP contribution in [0.15, 0.2) is 47.8 Å². The van der Waals surface area contributed by atoms with Crippen molar-refractivity contribution in [2.24, 2.45) is 0 Å². The molecule has 0 fully saturated rings. The van der Waals surface area contributed by atoms with Crippen LogP contribution in [0.3, 0.4) is 0 Å². The maximum absolute atomic E-state index is 12.5. The van der Waals surface area contributed by atoms with E-state index >= 15 is 0 Å². The van der Waals surface area contributed by atoms with Crippen molar-refractivity contribution in [1.29, 1.82) is 0 Å². The van der Waals surface area contributed by atoms with Gasteiger partial charge in [-0.05, 0) is 60.2 Å². The Morgan fingerprint density at radius 1 is 1.24 bits per heavy atom. The van der Waals surface area contributed by atoms with E-state index in [-0.39, 0.29) is 5.91 Å². The number of likely N-dealkylation sites (N-methyl/N-ethyl adjacent to an activating group) is 1. The van der Waals surface area contributed by atoms with E-state index in [1.807, 2.05) is 38.1 Å². The highest BCUT2D eigenvalue weighted by atomic mass is 32.2. The molecule has 3 rings (SSSR count). The van der Waals surface area contributed by atoms with Gasteiger partial charge < -0.3 is 4.90 Å². The molecular formula is C20H26N8O3S2. The second-order valence-corrected chi connectivity index (χ2v) is 9.93. The summed E-state index contributed by atoms with van der Waals surface area (Å²) in [7, 11) is -3.24. The molecule has 176 valence electrons. The Bertz CT molecular complexity index is 1200. The Morgan fingerprint density at radius 2 is 2.03 bits per heavy atom. The Morgan fingerprint density at radius 3 is 2.64 bits per heavy atom. The molecule has 13 heteroatoms. The van der Waals surface area contributed by atoms with E-state index in [2.05, 4.69) is 30.1 Å². The van der Waals surface area contributed by atoms with Crippen LogP contribution in [0.4, 0.5) is 11.4 Å².